The van der Waals surface area contributed by atoms with Gasteiger partial charge in [0.05, 0.1) is 11.4 Å². The Bertz CT molecular complexity index is 1140. The van der Waals surface area contributed by atoms with Crippen LogP contribution in [-0.2, 0) is 5.75 Å². The SMILES string of the molecule is Cc1ccc(NC(=O)c2nnn(-c3ccc(C)cc3)c2CSc2ncccn2)cc1. The summed E-state index contributed by atoms with van der Waals surface area (Å²) in [6, 6.07) is 17.3. The number of carbonyl (C=O) groups excluding carboxylic acids is 1. The fourth-order valence-corrected chi connectivity index (χ4v) is 3.62. The van der Waals surface area contributed by atoms with Crippen molar-refractivity contribution < 1.29 is 4.79 Å². The minimum atomic E-state index is -0.304. The number of hydrogen-bond donors (Lipinski definition) is 1. The van der Waals surface area contributed by atoms with Gasteiger partial charge < -0.3 is 5.32 Å². The largest absolute Gasteiger partial charge is 0.321 e. The van der Waals surface area contributed by atoms with Crippen molar-refractivity contribution in [2.45, 2.75) is 24.8 Å². The van der Waals surface area contributed by atoms with Crippen LogP contribution in [-0.4, -0.2) is 30.9 Å². The van der Waals surface area contributed by atoms with E-state index in [1.165, 1.54) is 11.8 Å². The molecular weight excluding hydrogens is 396 g/mol. The van der Waals surface area contributed by atoms with Crippen molar-refractivity contribution in [1.29, 1.82) is 0 Å². The molecule has 0 bridgehead atoms. The van der Waals surface area contributed by atoms with Crippen LogP contribution in [0.4, 0.5) is 5.69 Å². The lowest BCUT2D eigenvalue weighted by atomic mass is 10.2. The zero-order chi connectivity index (χ0) is 20.9. The summed E-state index contributed by atoms with van der Waals surface area (Å²) >= 11 is 1.43. The van der Waals surface area contributed by atoms with Gasteiger partial charge in [0.15, 0.2) is 10.9 Å². The van der Waals surface area contributed by atoms with Crippen LogP contribution >= 0.6 is 11.8 Å². The van der Waals surface area contributed by atoms with Crippen LogP contribution in [0.2, 0.25) is 0 Å². The first-order valence-corrected chi connectivity index (χ1v) is 10.4. The highest BCUT2D eigenvalue weighted by Gasteiger charge is 2.21. The van der Waals surface area contributed by atoms with Crippen molar-refractivity contribution in [3.8, 4) is 5.69 Å². The van der Waals surface area contributed by atoms with E-state index in [0.29, 0.717) is 22.3 Å². The summed E-state index contributed by atoms with van der Waals surface area (Å²) in [5, 5.41) is 12.0. The number of aromatic nitrogens is 5. The first-order valence-electron chi connectivity index (χ1n) is 9.39. The van der Waals surface area contributed by atoms with E-state index in [9.17, 15) is 4.79 Å². The van der Waals surface area contributed by atoms with Crippen LogP contribution in [0, 0.1) is 13.8 Å². The standard InChI is InChI=1S/C22H20N6OS/c1-15-4-8-17(9-5-15)25-21(29)20-19(14-30-22-23-12-3-13-24-22)28(27-26-20)18-10-6-16(2)7-11-18/h3-13H,14H2,1-2H3,(H,25,29). The first kappa shape index (κ1) is 19.8. The van der Waals surface area contributed by atoms with Crippen LogP contribution in [0.3, 0.4) is 0 Å². The number of hydrogen-bond acceptors (Lipinski definition) is 6. The molecule has 2 aromatic heterocycles. The van der Waals surface area contributed by atoms with Gasteiger partial charge in [0, 0.05) is 23.8 Å². The van der Waals surface area contributed by atoms with Gasteiger partial charge in [-0.1, -0.05) is 52.4 Å². The summed E-state index contributed by atoms with van der Waals surface area (Å²) in [5.74, 6) is 0.142. The molecule has 4 aromatic rings. The number of carbonyl (C=O) groups is 1. The van der Waals surface area contributed by atoms with E-state index in [1.54, 1.807) is 23.1 Å². The van der Waals surface area contributed by atoms with Crippen molar-refractivity contribution in [2.24, 2.45) is 0 Å². The topological polar surface area (TPSA) is 85.6 Å². The second kappa shape index (κ2) is 8.87. The van der Waals surface area contributed by atoms with Gasteiger partial charge in [-0.3, -0.25) is 4.79 Å². The molecule has 0 spiro atoms. The van der Waals surface area contributed by atoms with E-state index in [2.05, 4.69) is 25.6 Å². The summed E-state index contributed by atoms with van der Waals surface area (Å²) in [4.78, 5) is 21.5. The first-order chi connectivity index (χ1) is 14.6. The molecule has 1 amide bonds. The van der Waals surface area contributed by atoms with E-state index in [4.69, 9.17) is 0 Å². The molecule has 0 saturated heterocycles. The van der Waals surface area contributed by atoms with E-state index in [-0.39, 0.29) is 11.6 Å². The number of benzene rings is 2. The van der Waals surface area contributed by atoms with Gasteiger partial charge in [-0.2, -0.15) is 0 Å². The predicted octanol–water partition coefficient (Wildman–Crippen LogP) is 4.22. The number of nitrogens with one attached hydrogen (secondary N) is 1. The zero-order valence-electron chi connectivity index (χ0n) is 16.6. The fourth-order valence-electron chi connectivity index (χ4n) is 2.82. The molecule has 30 heavy (non-hydrogen) atoms. The lowest BCUT2D eigenvalue weighted by Crippen LogP contribution is -2.15. The molecule has 0 atom stereocenters. The minimum absolute atomic E-state index is 0.277. The predicted molar refractivity (Wildman–Crippen MR) is 117 cm³/mol. The van der Waals surface area contributed by atoms with Crippen molar-refractivity contribution in [2.75, 3.05) is 5.32 Å². The third kappa shape index (κ3) is 4.55. The van der Waals surface area contributed by atoms with Gasteiger partial charge in [0.2, 0.25) is 0 Å². The second-order valence-electron chi connectivity index (χ2n) is 6.77. The molecule has 7 nitrogen and oxygen atoms in total. The molecule has 1 N–H and O–H groups in total. The molecule has 0 saturated carbocycles. The highest BCUT2D eigenvalue weighted by molar-refractivity contribution is 7.98. The summed E-state index contributed by atoms with van der Waals surface area (Å²) < 4.78 is 1.69. The average molecular weight is 417 g/mol. The van der Waals surface area contributed by atoms with Crippen LogP contribution in [0.5, 0.6) is 0 Å². The Morgan fingerprint density at radius 2 is 1.60 bits per heavy atom. The summed E-state index contributed by atoms with van der Waals surface area (Å²) in [7, 11) is 0. The molecule has 0 unspecified atom stereocenters. The van der Waals surface area contributed by atoms with Crippen molar-refractivity contribution in [3.05, 3.63) is 89.5 Å². The molecule has 2 heterocycles. The maximum absolute atomic E-state index is 13.0. The Hall–Kier alpha value is -3.52. The Kier molecular flexibility index (Phi) is 5.85. The van der Waals surface area contributed by atoms with Gasteiger partial charge in [-0.25, -0.2) is 14.6 Å². The van der Waals surface area contributed by atoms with E-state index < -0.39 is 0 Å². The van der Waals surface area contributed by atoms with Crippen molar-refractivity contribution >= 4 is 23.4 Å². The lowest BCUT2D eigenvalue weighted by molar-refractivity contribution is 0.102. The molecular formula is C22H20N6OS. The molecule has 2 aromatic carbocycles. The zero-order valence-corrected chi connectivity index (χ0v) is 17.4. The summed E-state index contributed by atoms with van der Waals surface area (Å²) in [6.07, 6.45) is 3.38. The highest BCUT2D eigenvalue weighted by atomic mass is 32.2. The smallest absolute Gasteiger partial charge is 0.278 e. The van der Waals surface area contributed by atoms with Gasteiger partial charge in [0.1, 0.15) is 0 Å². The van der Waals surface area contributed by atoms with E-state index in [1.807, 2.05) is 62.4 Å². The molecule has 4 rings (SSSR count). The van der Waals surface area contributed by atoms with Crippen LogP contribution in [0.15, 0.2) is 72.1 Å². The van der Waals surface area contributed by atoms with Crippen LogP contribution in [0.1, 0.15) is 27.3 Å². The Labute approximate surface area is 178 Å². The number of rotatable bonds is 6. The number of thioether (sulfide) groups is 1. The summed E-state index contributed by atoms with van der Waals surface area (Å²) in [5.41, 5.74) is 4.77. The number of anilines is 1. The van der Waals surface area contributed by atoms with Crippen molar-refractivity contribution in [3.63, 3.8) is 0 Å². The Morgan fingerprint density at radius 1 is 0.967 bits per heavy atom. The maximum atomic E-state index is 13.0. The lowest BCUT2D eigenvalue weighted by Gasteiger charge is -2.09. The molecule has 0 aliphatic carbocycles. The molecule has 0 fully saturated rings. The monoisotopic (exact) mass is 416 g/mol. The Balaban J connectivity index is 1.65. The fraction of sp³-hybridized carbons (Fsp3) is 0.136. The molecule has 0 aliphatic heterocycles. The van der Waals surface area contributed by atoms with Crippen molar-refractivity contribution in [1.82, 2.24) is 25.0 Å². The van der Waals surface area contributed by atoms with Crippen LogP contribution < -0.4 is 5.32 Å². The molecule has 0 radical (unpaired) electrons. The summed E-state index contributed by atoms with van der Waals surface area (Å²) in [6.45, 7) is 4.02. The normalized spacial score (nSPS) is 10.7. The number of aryl methyl sites for hydroxylation is 2. The third-order valence-corrected chi connectivity index (χ3v) is 5.33. The van der Waals surface area contributed by atoms with E-state index >= 15 is 0 Å². The molecule has 150 valence electrons. The number of nitrogens with zero attached hydrogens (tertiary/aromatic N) is 5. The average Bonchev–Trinajstić information content (AvgIpc) is 3.19. The third-order valence-electron chi connectivity index (χ3n) is 4.45. The Morgan fingerprint density at radius 3 is 2.27 bits per heavy atom. The minimum Gasteiger partial charge on any atom is -0.321 e. The van der Waals surface area contributed by atoms with Gasteiger partial charge in [-0.05, 0) is 44.2 Å². The number of amides is 1. The molecule has 0 aliphatic rings. The van der Waals surface area contributed by atoms with E-state index in [0.717, 1.165) is 16.8 Å². The molecule has 8 heteroatoms. The van der Waals surface area contributed by atoms with Gasteiger partial charge in [-0.15, -0.1) is 5.10 Å². The van der Waals surface area contributed by atoms with Gasteiger partial charge >= 0.3 is 0 Å². The van der Waals surface area contributed by atoms with Gasteiger partial charge in [0.25, 0.3) is 5.91 Å². The second-order valence-corrected chi connectivity index (χ2v) is 7.71. The highest BCUT2D eigenvalue weighted by Crippen LogP contribution is 2.23. The maximum Gasteiger partial charge on any atom is 0.278 e. The quantitative estimate of drug-likeness (QED) is 0.374. The van der Waals surface area contributed by atoms with Crippen LogP contribution in [0.25, 0.3) is 5.69 Å².